The van der Waals surface area contributed by atoms with Crippen molar-refractivity contribution in [3.8, 4) is 11.6 Å². The molecule has 11 heteroatoms. The number of halogens is 1. The average molecular weight is 590 g/mol. The van der Waals surface area contributed by atoms with E-state index in [1.165, 1.54) is 12.1 Å². The summed E-state index contributed by atoms with van der Waals surface area (Å²) in [6.07, 6.45) is 4.48. The number of nitrogens with zero attached hydrogens (tertiary/aromatic N) is 3. The van der Waals surface area contributed by atoms with Crippen LogP contribution in [0.4, 0.5) is 26.2 Å². The largest absolute Gasteiger partial charge is 0.439 e. The van der Waals surface area contributed by atoms with Crippen LogP contribution in [0.1, 0.15) is 18.4 Å². The van der Waals surface area contributed by atoms with Crippen LogP contribution in [0, 0.1) is 5.82 Å². The summed E-state index contributed by atoms with van der Waals surface area (Å²) >= 11 is 0. The number of anilines is 3. The molecule has 42 heavy (non-hydrogen) atoms. The lowest BCUT2D eigenvalue weighted by atomic mass is 10.0. The van der Waals surface area contributed by atoms with Crippen LogP contribution in [0.2, 0.25) is 0 Å². The fraction of sp³-hybridized carbons (Fsp3) is 0.226. The summed E-state index contributed by atoms with van der Waals surface area (Å²) in [5.74, 6) is 0.628. The minimum atomic E-state index is -3.34. The number of amides is 2. The zero-order valence-corrected chi connectivity index (χ0v) is 23.9. The number of hydrogen-bond acceptors (Lipinski definition) is 6. The summed E-state index contributed by atoms with van der Waals surface area (Å²) in [6.45, 7) is 2.34. The van der Waals surface area contributed by atoms with E-state index >= 15 is 0 Å². The summed E-state index contributed by atoms with van der Waals surface area (Å²) in [5, 5.41) is 2.91. The van der Waals surface area contributed by atoms with Crippen LogP contribution in [0.3, 0.4) is 0 Å². The van der Waals surface area contributed by atoms with Crippen molar-refractivity contribution in [2.24, 2.45) is 0 Å². The highest BCUT2D eigenvalue weighted by Crippen LogP contribution is 2.27. The van der Waals surface area contributed by atoms with Gasteiger partial charge in [0, 0.05) is 55.0 Å². The number of benzene rings is 3. The molecule has 1 fully saturated rings. The van der Waals surface area contributed by atoms with E-state index in [-0.39, 0.29) is 17.9 Å². The number of pyridine rings is 1. The molecule has 9 nitrogen and oxygen atoms in total. The lowest BCUT2D eigenvalue weighted by molar-refractivity contribution is 0.199. The molecular formula is C31H32FN5O4S. The van der Waals surface area contributed by atoms with Gasteiger partial charge >= 0.3 is 6.03 Å². The second-order valence-corrected chi connectivity index (χ2v) is 11.9. The number of aromatic nitrogens is 1. The van der Waals surface area contributed by atoms with Gasteiger partial charge in [0.2, 0.25) is 15.9 Å². The van der Waals surface area contributed by atoms with Gasteiger partial charge in [0.05, 0.1) is 6.26 Å². The van der Waals surface area contributed by atoms with Crippen molar-refractivity contribution in [3.05, 3.63) is 109 Å². The zero-order chi connectivity index (χ0) is 29.5. The van der Waals surface area contributed by atoms with Crippen LogP contribution in [0.15, 0.2) is 97.2 Å². The molecule has 0 radical (unpaired) electrons. The Labute approximate surface area is 245 Å². The quantitative estimate of drug-likeness (QED) is 0.245. The lowest BCUT2D eigenvalue weighted by Gasteiger charge is -2.38. The van der Waals surface area contributed by atoms with E-state index in [0.29, 0.717) is 23.0 Å². The maximum Gasteiger partial charge on any atom is 0.326 e. The van der Waals surface area contributed by atoms with Crippen LogP contribution in [0.25, 0.3) is 0 Å². The first-order valence-electron chi connectivity index (χ1n) is 13.6. The predicted molar refractivity (Wildman–Crippen MR) is 162 cm³/mol. The van der Waals surface area contributed by atoms with Gasteiger partial charge in [-0.15, -0.1) is 0 Å². The number of ether oxygens (including phenoxy) is 1. The molecule has 1 aromatic heterocycles. The molecule has 1 saturated heterocycles. The molecule has 0 bridgehead atoms. The van der Waals surface area contributed by atoms with Gasteiger partial charge in [0.15, 0.2) is 0 Å². The van der Waals surface area contributed by atoms with Crippen molar-refractivity contribution >= 4 is 33.1 Å². The standard InChI is InChI=1S/C31H32FN5O4S/c1-42(39,40)35-26-12-14-29(15-13-26)41-30-16-7-23(21-33-30)22-36-19-17-28(18-20-36)37(27-5-3-2-4-6-27)31(38)34-25-10-8-24(32)9-11-25/h2-16,21,28,35H,17-20,22H2,1H3,(H,34,38). The highest BCUT2D eigenvalue weighted by atomic mass is 32.2. The van der Waals surface area contributed by atoms with Gasteiger partial charge in [0.1, 0.15) is 11.6 Å². The van der Waals surface area contributed by atoms with E-state index < -0.39 is 10.0 Å². The van der Waals surface area contributed by atoms with Gasteiger partial charge < -0.3 is 10.1 Å². The fourth-order valence-corrected chi connectivity index (χ4v) is 5.45. The summed E-state index contributed by atoms with van der Waals surface area (Å²) in [4.78, 5) is 21.9. The monoisotopic (exact) mass is 589 g/mol. The molecule has 0 aliphatic carbocycles. The van der Waals surface area contributed by atoms with Crippen molar-refractivity contribution in [1.82, 2.24) is 9.88 Å². The van der Waals surface area contributed by atoms with Gasteiger partial charge in [0.25, 0.3) is 0 Å². The Hall–Kier alpha value is -4.48. The number of sulfonamides is 1. The molecule has 4 aromatic rings. The summed E-state index contributed by atoms with van der Waals surface area (Å²) in [6, 6.07) is 25.5. The molecule has 0 unspecified atom stereocenters. The first-order valence-corrected chi connectivity index (χ1v) is 15.4. The molecule has 5 rings (SSSR count). The van der Waals surface area contributed by atoms with Gasteiger partial charge in [-0.3, -0.25) is 14.5 Å². The van der Waals surface area contributed by atoms with Crippen LogP contribution in [-0.4, -0.2) is 49.7 Å². The van der Waals surface area contributed by atoms with E-state index in [0.717, 1.165) is 50.0 Å². The molecule has 0 spiro atoms. The van der Waals surface area contributed by atoms with Crippen molar-refractivity contribution in [2.75, 3.05) is 34.3 Å². The molecule has 2 amide bonds. The molecule has 0 saturated carbocycles. The maximum atomic E-state index is 13.4. The zero-order valence-electron chi connectivity index (χ0n) is 23.1. The Morgan fingerprint density at radius 3 is 2.24 bits per heavy atom. The number of nitrogens with one attached hydrogen (secondary N) is 2. The Bertz CT molecular complexity index is 1580. The number of piperidine rings is 1. The summed E-state index contributed by atoms with van der Waals surface area (Å²) < 4.78 is 44.3. The van der Waals surface area contributed by atoms with Crippen molar-refractivity contribution < 1.29 is 22.3 Å². The van der Waals surface area contributed by atoms with E-state index in [1.54, 1.807) is 47.5 Å². The summed E-state index contributed by atoms with van der Waals surface area (Å²) in [7, 11) is -3.34. The first-order chi connectivity index (χ1) is 20.2. The van der Waals surface area contributed by atoms with E-state index in [1.807, 2.05) is 42.5 Å². The maximum absolute atomic E-state index is 13.4. The summed E-state index contributed by atoms with van der Waals surface area (Å²) in [5.41, 5.74) is 2.86. The number of urea groups is 1. The third kappa shape index (κ3) is 8.05. The first kappa shape index (κ1) is 29.0. The number of carbonyl (C=O) groups is 1. The normalized spacial score (nSPS) is 14.2. The van der Waals surface area contributed by atoms with Crippen molar-refractivity contribution in [3.63, 3.8) is 0 Å². The van der Waals surface area contributed by atoms with Crippen LogP contribution in [0.5, 0.6) is 11.6 Å². The van der Waals surface area contributed by atoms with E-state index in [9.17, 15) is 17.6 Å². The van der Waals surface area contributed by atoms with E-state index in [4.69, 9.17) is 4.74 Å². The Morgan fingerprint density at radius 2 is 1.62 bits per heavy atom. The third-order valence-electron chi connectivity index (χ3n) is 6.85. The molecule has 1 aliphatic rings. The minimum Gasteiger partial charge on any atom is -0.439 e. The lowest BCUT2D eigenvalue weighted by Crippen LogP contribution is -2.49. The smallest absolute Gasteiger partial charge is 0.326 e. The second-order valence-electron chi connectivity index (χ2n) is 10.2. The number of hydrogen-bond donors (Lipinski definition) is 2. The topological polar surface area (TPSA) is 104 Å². The van der Waals surface area contributed by atoms with Gasteiger partial charge in [-0.05, 0) is 79.1 Å². The molecule has 0 atom stereocenters. The molecule has 218 valence electrons. The minimum absolute atomic E-state index is 0.0111. The number of rotatable bonds is 9. The van der Waals surface area contributed by atoms with Crippen molar-refractivity contribution in [2.45, 2.75) is 25.4 Å². The van der Waals surface area contributed by atoms with Crippen LogP contribution < -0.4 is 19.7 Å². The Balaban J connectivity index is 1.16. The van der Waals surface area contributed by atoms with Gasteiger partial charge in [-0.25, -0.2) is 22.6 Å². The van der Waals surface area contributed by atoms with Gasteiger partial charge in [-0.1, -0.05) is 24.3 Å². The highest BCUT2D eigenvalue weighted by molar-refractivity contribution is 7.92. The number of para-hydroxylation sites is 1. The van der Waals surface area contributed by atoms with Gasteiger partial charge in [-0.2, -0.15) is 0 Å². The fourth-order valence-electron chi connectivity index (χ4n) is 4.88. The average Bonchev–Trinajstić information content (AvgIpc) is 2.97. The van der Waals surface area contributed by atoms with Crippen LogP contribution in [-0.2, 0) is 16.6 Å². The molecule has 1 aliphatic heterocycles. The van der Waals surface area contributed by atoms with Crippen LogP contribution >= 0.6 is 0 Å². The Kier molecular flexibility index (Phi) is 8.99. The number of likely N-dealkylation sites (tertiary alicyclic amines) is 1. The van der Waals surface area contributed by atoms with Crippen molar-refractivity contribution in [1.29, 1.82) is 0 Å². The Morgan fingerprint density at radius 1 is 0.952 bits per heavy atom. The molecule has 2 heterocycles. The molecule has 3 aromatic carbocycles. The number of carbonyl (C=O) groups excluding carboxylic acids is 1. The third-order valence-corrected chi connectivity index (χ3v) is 7.46. The van der Waals surface area contributed by atoms with E-state index in [2.05, 4.69) is 19.9 Å². The predicted octanol–water partition coefficient (Wildman–Crippen LogP) is 6.09. The molecular weight excluding hydrogens is 557 g/mol. The molecule has 2 N–H and O–H groups in total. The SMILES string of the molecule is CS(=O)(=O)Nc1ccc(Oc2ccc(CN3CCC(N(C(=O)Nc4ccc(F)cc4)c4ccccc4)CC3)cn2)cc1. The highest BCUT2D eigenvalue weighted by Gasteiger charge is 2.29. The second kappa shape index (κ2) is 13.0.